The van der Waals surface area contributed by atoms with Gasteiger partial charge in [-0.2, -0.15) is 4.98 Å². The molecule has 3 rings (SSSR count). The van der Waals surface area contributed by atoms with E-state index in [4.69, 9.17) is 14.9 Å². The summed E-state index contributed by atoms with van der Waals surface area (Å²) in [4.78, 5) is 37.8. The maximum atomic E-state index is 13.4. The van der Waals surface area contributed by atoms with Gasteiger partial charge in [0.25, 0.3) is 0 Å². The molecule has 0 bridgehead atoms. The normalized spacial score (nSPS) is 16.9. The number of allylic oxidation sites excluding steroid dienone is 1. The summed E-state index contributed by atoms with van der Waals surface area (Å²) in [7, 11) is 1.78. The van der Waals surface area contributed by atoms with E-state index in [-0.39, 0.29) is 24.5 Å². The average molecular weight is 509 g/mol. The van der Waals surface area contributed by atoms with Crippen molar-refractivity contribution in [2.45, 2.75) is 59.2 Å². The van der Waals surface area contributed by atoms with Crippen LogP contribution in [0.4, 0.5) is 21.4 Å². The lowest BCUT2D eigenvalue weighted by Crippen LogP contribution is -2.41. The van der Waals surface area contributed by atoms with Crippen molar-refractivity contribution in [2.75, 3.05) is 23.5 Å². The van der Waals surface area contributed by atoms with E-state index in [2.05, 4.69) is 15.3 Å². The summed E-state index contributed by atoms with van der Waals surface area (Å²) in [6.45, 7) is 11.5. The van der Waals surface area contributed by atoms with Gasteiger partial charge in [-0.25, -0.2) is 19.5 Å². The quantitative estimate of drug-likeness (QED) is 0.472. The number of ether oxygens (including phenoxy) is 2. The van der Waals surface area contributed by atoms with Crippen molar-refractivity contribution in [1.29, 1.82) is 5.41 Å². The first-order valence-electron chi connectivity index (χ1n) is 12.3. The van der Waals surface area contributed by atoms with E-state index < -0.39 is 23.8 Å². The highest BCUT2D eigenvalue weighted by atomic mass is 16.6. The number of carbonyl (C=O) groups excluding carboxylic acids is 2. The summed E-state index contributed by atoms with van der Waals surface area (Å²) >= 11 is 0. The Labute approximate surface area is 218 Å². The van der Waals surface area contributed by atoms with Crippen LogP contribution in [-0.2, 0) is 9.47 Å². The number of hydrogen-bond donors (Lipinski definition) is 2. The number of benzene rings is 1. The highest BCUT2D eigenvalue weighted by molar-refractivity contribution is 6.08. The largest absolute Gasteiger partial charge is 0.447 e. The molecule has 2 aromatic rings. The predicted molar refractivity (Wildman–Crippen MR) is 144 cm³/mol. The Morgan fingerprint density at radius 2 is 1.92 bits per heavy atom. The summed E-state index contributed by atoms with van der Waals surface area (Å²) in [6, 6.07) is 8.51. The van der Waals surface area contributed by atoms with E-state index in [0.29, 0.717) is 5.82 Å². The van der Waals surface area contributed by atoms with E-state index in [0.717, 1.165) is 16.7 Å². The minimum Gasteiger partial charge on any atom is -0.447 e. The third-order valence-electron chi connectivity index (χ3n) is 5.93. The molecule has 2 amide bonds. The van der Waals surface area contributed by atoms with Crippen LogP contribution in [0.1, 0.15) is 58.7 Å². The Bertz CT molecular complexity index is 1160. The monoisotopic (exact) mass is 508 g/mol. The Kier molecular flexibility index (Phi) is 8.52. The van der Waals surface area contributed by atoms with E-state index >= 15 is 0 Å². The highest BCUT2D eigenvalue weighted by Gasteiger charge is 2.38. The Morgan fingerprint density at radius 3 is 2.49 bits per heavy atom. The first-order chi connectivity index (χ1) is 17.5. The molecule has 0 spiro atoms. The second-order valence-corrected chi connectivity index (χ2v) is 10.2. The van der Waals surface area contributed by atoms with Gasteiger partial charge in [-0.3, -0.25) is 4.90 Å². The van der Waals surface area contributed by atoms with Gasteiger partial charge in [0.2, 0.25) is 5.95 Å². The molecule has 0 aliphatic carbocycles. The van der Waals surface area contributed by atoms with E-state index in [9.17, 15) is 9.59 Å². The van der Waals surface area contributed by atoms with Crippen molar-refractivity contribution in [3.63, 3.8) is 0 Å². The summed E-state index contributed by atoms with van der Waals surface area (Å²) in [6.07, 6.45) is 3.45. The third-order valence-corrected chi connectivity index (χ3v) is 5.93. The van der Waals surface area contributed by atoms with E-state index in [1.807, 2.05) is 45.0 Å². The van der Waals surface area contributed by atoms with Crippen LogP contribution >= 0.6 is 0 Å². The molecule has 2 atom stereocenters. The molecule has 1 aromatic carbocycles. The Balaban J connectivity index is 2.02. The topological polar surface area (TPSA) is 121 Å². The zero-order valence-electron chi connectivity index (χ0n) is 22.5. The van der Waals surface area contributed by atoms with Gasteiger partial charge < -0.3 is 20.2 Å². The summed E-state index contributed by atoms with van der Waals surface area (Å²) < 4.78 is 11.0. The van der Waals surface area contributed by atoms with Crippen LogP contribution in [0.25, 0.3) is 5.57 Å². The molecule has 1 aromatic heterocycles. The molecule has 1 aliphatic rings. The molecule has 37 heavy (non-hydrogen) atoms. The van der Waals surface area contributed by atoms with Gasteiger partial charge in [0.1, 0.15) is 18.0 Å². The number of aromatic nitrogens is 2. The van der Waals surface area contributed by atoms with Gasteiger partial charge in [0.15, 0.2) is 0 Å². The zero-order valence-corrected chi connectivity index (χ0v) is 22.5. The van der Waals surface area contributed by atoms with Gasteiger partial charge in [-0.05, 0) is 50.8 Å². The van der Waals surface area contributed by atoms with Gasteiger partial charge in [-0.15, -0.1) is 0 Å². The molecule has 10 heteroatoms. The predicted octanol–water partition coefficient (Wildman–Crippen LogP) is 5.17. The maximum Gasteiger partial charge on any atom is 0.417 e. The third kappa shape index (κ3) is 6.44. The first-order valence-corrected chi connectivity index (χ1v) is 12.3. The van der Waals surface area contributed by atoms with Crippen molar-refractivity contribution >= 4 is 35.7 Å². The first kappa shape index (κ1) is 27.6. The smallest absolute Gasteiger partial charge is 0.417 e. The molecule has 2 N–H and O–H groups in total. The van der Waals surface area contributed by atoms with Crippen LogP contribution < -0.4 is 15.1 Å². The lowest BCUT2D eigenvalue weighted by Gasteiger charge is -2.31. The van der Waals surface area contributed by atoms with Gasteiger partial charge >= 0.3 is 12.2 Å². The van der Waals surface area contributed by atoms with Crippen LogP contribution in [0.15, 0.2) is 42.7 Å². The Hall–Kier alpha value is -3.95. The molecular weight excluding hydrogens is 472 g/mol. The summed E-state index contributed by atoms with van der Waals surface area (Å²) in [5.41, 5.74) is 1.65. The number of nitrogens with one attached hydrogen (secondary N) is 2. The molecule has 0 radical (unpaired) electrons. The van der Waals surface area contributed by atoms with Crippen molar-refractivity contribution in [3.8, 4) is 0 Å². The van der Waals surface area contributed by atoms with Gasteiger partial charge in [-0.1, -0.05) is 38.1 Å². The number of carbonyl (C=O) groups is 2. The van der Waals surface area contributed by atoms with Crippen LogP contribution in [0.5, 0.6) is 0 Å². The van der Waals surface area contributed by atoms with Crippen molar-refractivity contribution in [2.24, 2.45) is 5.92 Å². The number of cyclic esters (lactones) is 1. The lowest BCUT2D eigenvalue weighted by molar-refractivity contribution is 0.0564. The van der Waals surface area contributed by atoms with E-state index in [1.54, 1.807) is 40.1 Å². The van der Waals surface area contributed by atoms with Crippen molar-refractivity contribution in [3.05, 3.63) is 53.9 Å². The van der Waals surface area contributed by atoms with Crippen LogP contribution in [0, 0.1) is 11.3 Å². The Morgan fingerprint density at radius 1 is 1.24 bits per heavy atom. The number of hydrogen-bond acceptors (Lipinski definition) is 8. The molecule has 1 saturated heterocycles. The fourth-order valence-electron chi connectivity index (χ4n) is 3.97. The van der Waals surface area contributed by atoms with Crippen LogP contribution in [0.2, 0.25) is 0 Å². The molecule has 198 valence electrons. The molecule has 1 fully saturated rings. The van der Waals surface area contributed by atoms with Gasteiger partial charge in [0, 0.05) is 31.2 Å². The van der Waals surface area contributed by atoms with Gasteiger partial charge in [0.05, 0.1) is 12.1 Å². The van der Waals surface area contributed by atoms with Crippen molar-refractivity contribution < 1.29 is 19.1 Å². The number of anilines is 2. The van der Waals surface area contributed by atoms with Crippen LogP contribution in [0.3, 0.4) is 0 Å². The summed E-state index contributed by atoms with van der Waals surface area (Å²) in [5, 5.41) is 10.6. The second kappa shape index (κ2) is 11.4. The summed E-state index contributed by atoms with van der Waals surface area (Å²) in [5.74, 6) is 0.614. The molecule has 0 saturated carbocycles. The molecule has 10 nitrogen and oxygen atoms in total. The molecule has 0 unspecified atom stereocenters. The standard InChI is InChI=1S/C27H36N6O4/c1-17(2)22-16-36-25(34)33(22)23-12-13-30-24(31-23)32(26(35)37-27(4,5)6)18(3)19-8-10-20(11-9-19)21(14-28)15-29-7/h8-15,17-18,22,28-29H,16H2,1-7H3/b21-15+,28-14?/t18-,22+/m0/s1. The van der Waals surface area contributed by atoms with Crippen LogP contribution in [-0.4, -0.2) is 53.7 Å². The number of nitrogens with zero attached hydrogens (tertiary/aromatic N) is 4. The number of amides is 2. The minimum atomic E-state index is -0.741. The van der Waals surface area contributed by atoms with Crippen molar-refractivity contribution in [1.82, 2.24) is 15.3 Å². The average Bonchev–Trinajstić information content (AvgIpc) is 3.23. The zero-order chi connectivity index (χ0) is 27.3. The highest BCUT2D eigenvalue weighted by Crippen LogP contribution is 2.31. The maximum absolute atomic E-state index is 13.4. The fourth-order valence-corrected chi connectivity index (χ4v) is 3.97. The lowest BCUT2D eigenvalue weighted by atomic mass is 10.0. The molecule has 1 aliphatic heterocycles. The number of rotatable bonds is 8. The second-order valence-electron chi connectivity index (χ2n) is 10.2. The fraction of sp³-hybridized carbons (Fsp3) is 0.444. The van der Waals surface area contributed by atoms with E-state index in [1.165, 1.54) is 22.2 Å². The molecular formula is C27H36N6O4. The SMILES string of the molecule is CN/C=C(\C=N)c1ccc([C@H](C)N(C(=O)OC(C)(C)C)c2nccc(N3C(=O)OC[C@@H]3C(C)C)n2)cc1. The molecule has 2 heterocycles. The minimum absolute atomic E-state index is 0.112.